The highest BCUT2D eigenvalue weighted by molar-refractivity contribution is 5.37. The number of nitrogens with one attached hydrogen (secondary N) is 2. The summed E-state index contributed by atoms with van der Waals surface area (Å²) in [5, 5.41) is 6.55. The van der Waals surface area contributed by atoms with Gasteiger partial charge in [-0.2, -0.15) is 0 Å². The number of rotatable bonds is 5. The van der Waals surface area contributed by atoms with Crippen LogP contribution in [-0.4, -0.2) is 24.6 Å². The Balaban J connectivity index is 2.46. The third-order valence-corrected chi connectivity index (χ3v) is 2.49. The zero-order valence-electron chi connectivity index (χ0n) is 10.8. The van der Waals surface area contributed by atoms with Gasteiger partial charge in [-0.25, -0.2) is 4.98 Å². The van der Waals surface area contributed by atoms with Gasteiger partial charge in [0.05, 0.1) is 0 Å². The number of aromatic nitrogens is 1. The van der Waals surface area contributed by atoms with Crippen molar-refractivity contribution in [1.82, 2.24) is 10.3 Å². The number of hydrogen-bond acceptors (Lipinski definition) is 3. The Kier molecular flexibility index (Phi) is 4.74. The number of nitrogens with zero attached hydrogens (tertiary/aromatic N) is 1. The van der Waals surface area contributed by atoms with Gasteiger partial charge in [0.2, 0.25) is 0 Å². The van der Waals surface area contributed by atoms with Crippen molar-refractivity contribution in [2.45, 2.75) is 33.1 Å². The Bertz CT molecular complexity index is 298. The Morgan fingerprint density at radius 1 is 1.19 bits per heavy atom. The van der Waals surface area contributed by atoms with Gasteiger partial charge in [0.1, 0.15) is 5.82 Å². The lowest BCUT2D eigenvalue weighted by atomic mass is 9.88. The van der Waals surface area contributed by atoms with Crippen LogP contribution in [0.2, 0.25) is 0 Å². The van der Waals surface area contributed by atoms with Crippen LogP contribution >= 0.6 is 0 Å². The third kappa shape index (κ3) is 4.19. The predicted molar refractivity (Wildman–Crippen MR) is 70.0 cm³/mol. The summed E-state index contributed by atoms with van der Waals surface area (Å²) < 4.78 is 0. The minimum Gasteiger partial charge on any atom is -0.369 e. The van der Waals surface area contributed by atoms with Gasteiger partial charge in [0, 0.05) is 19.3 Å². The fraction of sp³-hybridized carbons (Fsp3) is 0.615. The molecule has 90 valence electrons. The van der Waals surface area contributed by atoms with Crippen molar-refractivity contribution in [2.24, 2.45) is 0 Å². The molecule has 0 aliphatic heterocycles. The summed E-state index contributed by atoms with van der Waals surface area (Å²) in [5.74, 6) is 0.950. The van der Waals surface area contributed by atoms with Crippen molar-refractivity contribution >= 4 is 5.82 Å². The minimum absolute atomic E-state index is 0.176. The summed E-state index contributed by atoms with van der Waals surface area (Å²) in [6.07, 6.45) is 1.95. The lowest BCUT2D eigenvalue weighted by molar-refractivity contribution is 0.587. The topological polar surface area (TPSA) is 37.0 Å². The van der Waals surface area contributed by atoms with Gasteiger partial charge in [-0.3, -0.25) is 0 Å². The smallest absolute Gasteiger partial charge is 0.125 e. The SMILES string of the molecule is CCNCCNc1ccc(C(C)(C)C)cn1. The van der Waals surface area contributed by atoms with E-state index in [0.717, 1.165) is 25.5 Å². The van der Waals surface area contributed by atoms with E-state index in [2.05, 4.69) is 49.4 Å². The van der Waals surface area contributed by atoms with Gasteiger partial charge in [0.25, 0.3) is 0 Å². The maximum absolute atomic E-state index is 4.40. The molecule has 0 unspecified atom stereocenters. The molecule has 1 aromatic heterocycles. The fourth-order valence-corrected chi connectivity index (χ4v) is 1.40. The Morgan fingerprint density at radius 2 is 1.94 bits per heavy atom. The summed E-state index contributed by atoms with van der Waals surface area (Å²) in [6.45, 7) is 11.6. The summed E-state index contributed by atoms with van der Waals surface area (Å²) in [4.78, 5) is 4.40. The molecule has 0 radical (unpaired) electrons. The van der Waals surface area contributed by atoms with Gasteiger partial charge in [-0.1, -0.05) is 33.8 Å². The first-order valence-corrected chi connectivity index (χ1v) is 5.95. The van der Waals surface area contributed by atoms with Gasteiger partial charge in [0.15, 0.2) is 0 Å². The molecule has 1 aromatic rings. The standard InChI is InChI=1S/C13H23N3/c1-5-14-8-9-15-12-7-6-11(10-16-12)13(2,3)4/h6-7,10,14H,5,8-9H2,1-4H3,(H,15,16). The molecule has 0 aliphatic carbocycles. The normalized spacial score (nSPS) is 11.5. The van der Waals surface area contributed by atoms with Crippen LogP contribution < -0.4 is 10.6 Å². The Hall–Kier alpha value is -1.09. The van der Waals surface area contributed by atoms with Crippen molar-refractivity contribution in [3.05, 3.63) is 23.9 Å². The molecule has 0 atom stereocenters. The van der Waals surface area contributed by atoms with Crippen LogP contribution in [0.5, 0.6) is 0 Å². The summed E-state index contributed by atoms with van der Waals surface area (Å²) in [7, 11) is 0. The minimum atomic E-state index is 0.176. The van der Waals surface area contributed by atoms with Crippen LogP contribution in [0.1, 0.15) is 33.3 Å². The second-order valence-electron chi connectivity index (χ2n) is 4.96. The van der Waals surface area contributed by atoms with E-state index in [1.165, 1.54) is 5.56 Å². The monoisotopic (exact) mass is 221 g/mol. The molecule has 0 bridgehead atoms. The molecule has 1 heterocycles. The van der Waals surface area contributed by atoms with Gasteiger partial charge < -0.3 is 10.6 Å². The Morgan fingerprint density at radius 3 is 2.44 bits per heavy atom. The van der Waals surface area contributed by atoms with E-state index in [1.807, 2.05) is 12.3 Å². The first-order chi connectivity index (χ1) is 7.54. The maximum atomic E-state index is 4.40. The average Bonchev–Trinajstić information content (AvgIpc) is 2.24. The predicted octanol–water partition coefficient (Wildman–Crippen LogP) is 2.40. The molecule has 1 rings (SSSR count). The Labute approximate surface area is 98.7 Å². The van der Waals surface area contributed by atoms with E-state index in [-0.39, 0.29) is 5.41 Å². The zero-order chi connectivity index (χ0) is 12.0. The second-order valence-corrected chi connectivity index (χ2v) is 4.96. The zero-order valence-corrected chi connectivity index (χ0v) is 10.8. The lowest BCUT2D eigenvalue weighted by Crippen LogP contribution is -2.22. The van der Waals surface area contributed by atoms with E-state index in [4.69, 9.17) is 0 Å². The average molecular weight is 221 g/mol. The molecule has 16 heavy (non-hydrogen) atoms. The van der Waals surface area contributed by atoms with E-state index in [9.17, 15) is 0 Å². The van der Waals surface area contributed by atoms with Crippen LogP contribution in [0.3, 0.4) is 0 Å². The van der Waals surface area contributed by atoms with Crippen molar-refractivity contribution in [3.8, 4) is 0 Å². The highest BCUT2D eigenvalue weighted by Crippen LogP contribution is 2.21. The van der Waals surface area contributed by atoms with E-state index < -0.39 is 0 Å². The van der Waals surface area contributed by atoms with Crippen LogP contribution in [0.4, 0.5) is 5.82 Å². The molecule has 3 heteroatoms. The summed E-state index contributed by atoms with van der Waals surface area (Å²) in [6, 6.07) is 4.19. The van der Waals surface area contributed by atoms with Crippen LogP contribution in [0.25, 0.3) is 0 Å². The second kappa shape index (κ2) is 5.85. The van der Waals surface area contributed by atoms with E-state index in [0.29, 0.717) is 0 Å². The van der Waals surface area contributed by atoms with Gasteiger partial charge >= 0.3 is 0 Å². The largest absolute Gasteiger partial charge is 0.369 e. The highest BCUT2D eigenvalue weighted by Gasteiger charge is 2.13. The first-order valence-electron chi connectivity index (χ1n) is 5.95. The molecule has 0 saturated heterocycles. The van der Waals surface area contributed by atoms with Crippen LogP contribution in [0, 0.1) is 0 Å². The molecule has 2 N–H and O–H groups in total. The number of anilines is 1. The number of hydrogen-bond donors (Lipinski definition) is 2. The molecule has 0 saturated carbocycles. The molecule has 0 fully saturated rings. The van der Waals surface area contributed by atoms with Crippen molar-refractivity contribution < 1.29 is 0 Å². The van der Waals surface area contributed by atoms with Gasteiger partial charge in [-0.15, -0.1) is 0 Å². The fourth-order valence-electron chi connectivity index (χ4n) is 1.40. The van der Waals surface area contributed by atoms with Crippen LogP contribution in [0.15, 0.2) is 18.3 Å². The molecular formula is C13H23N3. The van der Waals surface area contributed by atoms with E-state index in [1.54, 1.807) is 0 Å². The van der Waals surface area contributed by atoms with E-state index >= 15 is 0 Å². The molecular weight excluding hydrogens is 198 g/mol. The quantitative estimate of drug-likeness (QED) is 0.750. The van der Waals surface area contributed by atoms with Crippen molar-refractivity contribution in [3.63, 3.8) is 0 Å². The molecule has 0 spiro atoms. The third-order valence-electron chi connectivity index (χ3n) is 2.49. The number of pyridine rings is 1. The summed E-state index contributed by atoms with van der Waals surface area (Å²) >= 11 is 0. The van der Waals surface area contributed by atoms with Gasteiger partial charge in [-0.05, 0) is 23.6 Å². The van der Waals surface area contributed by atoms with Crippen LogP contribution in [-0.2, 0) is 5.41 Å². The summed E-state index contributed by atoms with van der Waals surface area (Å²) in [5.41, 5.74) is 1.44. The molecule has 0 aromatic carbocycles. The molecule has 3 nitrogen and oxygen atoms in total. The molecule has 0 amide bonds. The highest BCUT2D eigenvalue weighted by atomic mass is 15.0. The maximum Gasteiger partial charge on any atom is 0.125 e. The molecule has 0 aliphatic rings. The van der Waals surface area contributed by atoms with Crippen molar-refractivity contribution in [2.75, 3.05) is 25.0 Å². The lowest BCUT2D eigenvalue weighted by Gasteiger charge is -2.18. The number of likely N-dealkylation sites (N-methyl/N-ethyl adjacent to an activating group) is 1. The first kappa shape index (κ1) is 13.0. The van der Waals surface area contributed by atoms with Crippen molar-refractivity contribution in [1.29, 1.82) is 0 Å².